The fraction of sp³-hybridized carbons (Fsp3) is 0.190. The van der Waals surface area contributed by atoms with Gasteiger partial charge in [-0.25, -0.2) is 4.98 Å². The molecule has 0 radical (unpaired) electrons. The Morgan fingerprint density at radius 2 is 1.81 bits per heavy atom. The Labute approximate surface area is 148 Å². The van der Waals surface area contributed by atoms with Crippen molar-refractivity contribution in [3.63, 3.8) is 0 Å². The highest BCUT2D eigenvalue weighted by Gasteiger charge is 2.26. The SMILES string of the molecule is O=c1c2ccccc2[nH]c2cc(C3CCC3)n(-c3ccccn3)c(=O)c12. The number of aromatic amines is 1. The quantitative estimate of drug-likeness (QED) is 0.567. The van der Waals surface area contributed by atoms with E-state index in [4.69, 9.17) is 0 Å². The first-order chi connectivity index (χ1) is 12.7. The smallest absolute Gasteiger partial charge is 0.269 e. The van der Waals surface area contributed by atoms with E-state index in [1.54, 1.807) is 16.8 Å². The van der Waals surface area contributed by atoms with Crippen LogP contribution in [0.25, 0.3) is 27.6 Å². The first kappa shape index (κ1) is 15.1. The fourth-order valence-electron chi connectivity index (χ4n) is 3.74. The van der Waals surface area contributed by atoms with Crippen LogP contribution in [0, 0.1) is 0 Å². The Kier molecular flexibility index (Phi) is 3.28. The Morgan fingerprint density at radius 1 is 1.00 bits per heavy atom. The van der Waals surface area contributed by atoms with Crippen molar-refractivity contribution in [2.75, 3.05) is 0 Å². The summed E-state index contributed by atoms with van der Waals surface area (Å²) in [6.07, 6.45) is 4.93. The third kappa shape index (κ3) is 2.13. The molecule has 3 heterocycles. The van der Waals surface area contributed by atoms with Crippen LogP contribution in [0.4, 0.5) is 0 Å². The summed E-state index contributed by atoms with van der Waals surface area (Å²) < 4.78 is 1.62. The third-order valence-electron chi connectivity index (χ3n) is 5.31. The Hall–Kier alpha value is -3.21. The van der Waals surface area contributed by atoms with Gasteiger partial charge in [-0.15, -0.1) is 0 Å². The summed E-state index contributed by atoms with van der Waals surface area (Å²) in [5.74, 6) is 0.887. The van der Waals surface area contributed by atoms with Gasteiger partial charge in [-0.2, -0.15) is 0 Å². The van der Waals surface area contributed by atoms with Crippen LogP contribution in [0.5, 0.6) is 0 Å². The van der Waals surface area contributed by atoms with E-state index in [0.717, 1.165) is 30.5 Å². The lowest BCUT2D eigenvalue weighted by molar-refractivity contribution is 0.404. The van der Waals surface area contributed by atoms with Crippen molar-refractivity contribution in [3.8, 4) is 5.82 Å². The molecule has 1 N–H and O–H groups in total. The predicted molar refractivity (Wildman–Crippen MR) is 102 cm³/mol. The molecule has 128 valence electrons. The topological polar surface area (TPSA) is 67.8 Å². The number of benzene rings is 1. The number of hydrogen-bond donors (Lipinski definition) is 1. The van der Waals surface area contributed by atoms with E-state index in [0.29, 0.717) is 22.6 Å². The molecule has 0 saturated heterocycles. The number of rotatable bonds is 2. The molecule has 26 heavy (non-hydrogen) atoms. The van der Waals surface area contributed by atoms with Gasteiger partial charge in [0.1, 0.15) is 11.2 Å². The van der Waals surface area contributed by atoms with Crippen molar-refractivity contribution in [2.24, 2.45) is 0 Å². The molecule has 1 fully saturated rings. The second-order valence-corrected chi connectivity index (χ2v) is 6.81. The van der Waals surface area contributed by atoms with Crippen molar-refractivity contribution in [1.82, 2.24) is 14.5 Å². The minimum Gasteiger partial charge on any atom is -0.354 e. The molecule has 5 rings (SSSR count). The summed E-state index contributed by atoms with van der Waals surface area (Å²) >= 11 is 0. The minimum atomic E-state index is -0.296. The van der Waals surface area contributed by atoms with Crippen molar-refractivity contribution in [3.05, 3.63) is 81.0 Å². The monoisotopic (exact) mass is 343 g/mol. The largest absolute Gasteiger partial charge is 0.354 e. The predicted octanol–water partition coefficient (Wildman–Crippen LogP) is 3.49. The van der Waals surface area contributed by atoms with Gasteiger partial charge in [0, 0.05) is 22.8 Å². The number of para-hydroxylation sites is 1. The third-order valence-corrected chi connectivity index (χ3v) is 5.31. The van der Waals surface area contributed by atoms with Crippen LogP contribution in [0.1, 0.15) is 30.9 Å². The second-order valence-electron chi connectivity index (χ2n) is 6.81. The van der Waals surface area contributed by atoms with Gasteiger partial charge < -0.3 is 4.98 Å². The highest BCUT2D eigenvalue weighted by Crippen LogP contribution is 2.37. The summed E-state index contributed by atoms with van der Waals surface area (Å²) in [6, 6.07) is 14.7. The van der Waals surface area contributed by atoms with Gasteiger partial charge in [0.2, 0.25) is 5.43 Å². The number of nitrogens with one attached hydrogen (secondary N) is 1. The number of H-pyrrole nitrogens is 1. The Morgan fingerprint density at radius 3 is 2.54 bits per heavy atom. The molecule has 0 spiro atoms. The van der Waals surface area contributed by atoms with Crippen LogP contribution in [0.2, 0.25) is 0 Å². The van der Waals surface area contributed by atoms with E-state index >= 15 is 0 Å². The molecular weight excluding hydrogens is 326 g/mol. The molecule has 5 nitrogen and oxygen atoms in total. The van der Waals surface area contributed by atoms with E-state index in [2.05, 4.69) is 9.97 Å². The van der Waals surface area contributed by atoms with Gasteiger partial charge in [0.25, 0.3) is 5.56 Å². The van der Waals surface area contributed by atoms with Gasteiger partial charge in [0.05, 0.1) is 5.52 Å². The molecular formula is C21H17N3O2. The van der Waals surface area contributed by atoms with E-state index in [9.17, 15) is 9.59 Å². The van der Waals surface area contributed by atoms with Crippen LogP contribution in [-0.2, 0) is 0 Å². The summed E-state index contributed by atoms with van der Waals surface area (Å²) in [4.78, 5) is 34.0. The lowest BCUT2D eigenvalue weighted by Crippen LogP contribution is -2.29. The van der Waals surface area contributed by atoms with Crippen LogP contribution in [-0.4, -0.2) is 14.5 Å². The van der Waals surface area contributed by atoms with Crippen molar-refractivity contribution < 1.29 is 0 Å². The number of hydrogen-bond acceptors (Lipinski definition) is 3. The van der Waals surface area contributed by atoms with Gasteiger partial charge >= 0.3 is 0 Å². The lowest BCUT2D eigenvalue weighted by atomic mass is 9.82. The molecule has 5 heteroatoms. The van der Waals surface area contributed by atoms with Crippen LogP contribution >= 0.6 is 0 Å². The first-order valence-electron chi connectivity index (χ1n) is 8.86. The van der Waals surface area contributed by atoms with Crippen LogP contribution < -0.4 is 11.0 Å². The molecule has 1 aliphatic rings. The fourth-order valence-corrected chi connectivity index (χ4v) is 3.74. The maximum Gasteiger partial charge on any atom is 0.269 e. The number of nitrogens with zero attached hydrogens (tertiary/aromatic N) is 2. The molecule has 1 aliphatic carbocycles. The molecule has 0 unspecified atom stereocenters. The number of fused-ring (bicyclic) bond motifs is 2. The van der Waals surface area contributed by atoms with Gasteiger partial charge in [0.15, 0.2) is 0 Å². The average Bonchev–Trinajstić information content (AvgIpc) is 2.61. The second kappa shape index (κ2) is 5.66. The number of pyridine rings is 3. The normalized spacial score (nSPS) is 14.6. The van der Waals surface area contributed by atoms with Crippen molar-refractivity contribution in [2.45, 2.75) is 25.2 Å². The standard InChI is InChI=1S/C21H17N3O2/c25-20-14-8-1-2-9-15(14)23-16-12-17(13-6-5-7-13)24(21(26)19(16)20)18-10-3-4-11-22-18/h1-4,8-13H,5-7H2,(H,23,25). The maximum atomic E-state index is 13.4. The van der Waals surface area contributed by atoms with E-state index < -0.39 is 0 Å². The van der Waals surface area contributed by atoms with Crippen molar-refractivity contribution >= 4 is 21.8 Å². The van der Waals surface area contributed by atoms with Gasteiger partial charge in [-0.3, -0.25) is 14.2 Å². The van der Waals surface area contributed by atoms with Gasteiger partial charge in [-0.1, -0.05) is 24.6 Å². The molecule has 1 aromatic carbocycles. The summed E-state index contributed by atoms with van der Waals surface area (Å²) in [7, 11) is 0. The summed E-state index contributed by atoms with van der Waals surface area (Å²) in [6.45, 7) is 0. The number of aromatic nitrogens is 3. The molecule has 0 amide bonds. The molecule has 0 aliphatic heterocycles. The minimum absolute atomic E-state index is 0.192. The van der Waals surface area contributed by atoms with E-state index in [1.807, 2.05) is 42.5 Å². The van der Waals surface area contributed by atoms with Gasteiger partial charge in [-0.05, 0) is 49.1 Å². The molecule has 3 aromatic heterocycles. The molecule has 0 atom stereocenters. The average molecular weight is 343 g/mol. The lowest BCUT2D eigenvalue weighted by Gasteiger charge is -2.28. The molecule has 0 bridgehead atoms. The van der Waals surface area contributed by atoms with Crippen molar-refractivity contribution in [1.29, 1.82) is 0 Å². The zero-order valence-corrected chi connectivity index (χ0v) is 14.1. The zero-order chi connectivity index (χ0) is 17.7. The van der Waals surface area contributed by atoms with Crippen LogP contribution in [0.3, 0.4) is 0 Å². The zero-order valence-electron chi connectivity index (χ0n) is 14.1. The molecule has 1 saturated carbocycles. The van der Waals surface area contributed by atoms with E-state index in [1.165, 1.54) is 0 Å². The van der Waals surface area contributed by atoms with Crippen LogP contribution in [0.15, 0.2) is 64.3 Å². The highest BCUT2D eigenvalue weighted by molar-refractivity contribution is 5.92. The molecule has 4 aromatic rings. The summed E-state index contributed by atoms with van der Waals surface area (Å²) in [5, 5.41) is 0.721. The Bertz CT molecular complexity index is 1250. The maximum absolute atomic E-state index is 13.4. The highest BCUT2D eigenvalue weighted by atomic mass is 16.1. The first-order valence-corrected chi connectivity index (χ1v) is 8.86. The van der Waals surface area contributed by atoms with E-state index in [-0.39, 0.29) is 16.4 Å². The Balaban J connectivity index is 1.94. The summed E-state index contributed by atoms with van der Waals surface area (Å²) in [5.41, 5.74) is 1.75.